The summed E-state index contributed by atoms with van der Waals surface area (Å²) in [5, 5.41) is 7.02. The van der Waals surface area contributed by atoms with Crippen LogP contribution in [0.25, 0.3) is 22.2 Å². The number of nitrogens with zero attached hydrogens (tertiary/aromatic N) is 6. The van der Waals surface area contributed by atoms with Crippen LogP contribution in [0.5, 0.6) is 0 Å². The second-order valence-electron chi connectivity index (χ2n) is 8.17. The first-order valence-electron chi connectivity index (χ1n) is 11.2. The fraction of sp³-hybridized carbons (Fsp3) is 0.280. The molecule has 4 rings (SSSR count). The molecule has 4 aromatic rings. The molecule has 10 heteroatoms. The number of anilines is 2. The van der Waals surface area contributed by atoms with Gasteiger partial charge in [0, 0.05) is 75.0 Å². The molecule has 0 radical (unpaired) electrons. The number of para-hydroxylation sites is 1. The molecule has 0 bridgehead atoms. The van der Waals surface area contributed by atoms with Gasteiger partial charge in [0.05, 0.1) is 16.8 Å². The molecule has 0 fully saturated rings. The first kappa shape index (κ1) is 24.3. The lowest BCUT2D eigenvalue weighted by molar-refractivity contribution is 0.0964. The maximum atomic E-state index is 12.4. The van der Waals surface area contributed by atoms with E-state index in [1.807, 2.05) is 37.2 Å². The lowest BCUT2D eigenvalue weighted by atomic mass is 9.95. The number of carbonyl (C=O) groups excluding carboxylic acids is 1. The molecule has 3 aromatic heterocycles. The van der Waals surface area contributed by atoms with Crippen LogP contribution < -0.4 is 15.5 Å². The van der Waals surface area contributed by atoms with Gasteiger partial charge in [-0.15, -0.1) is 0 Å². The third-order valence-corrected chi connectivity index (χ3v) is 6.35. The second kappa shape index (κ2) is 11.1. The molecule has 1 aromatic carbocycles. The van der Waals surface area contributed by atoms with E-state index >= 15 is 0 Å². The van der Waals surface area contributed by atoms with Crippen molar-refractivity contribution in [2.24, 2.45) is 0 Å². The minimum absolute atomic E-state index is 0.120. The van der Waals surface area contributed by atoms with Crippen LogP contribution in [0, 0.1) is 0 Å². The van der Waals surface area contributed by atoms with Crippen molar-refractivity contribution in [3.63, 3.8) is 0 Å². The molecule has 0 aliphatic heterocycles. The Morgan fingerprint density at radius 1 is 1.09 bits per heavy atom. The standard InChI is InChI=1S/C25H28N8OS/c1-26-24(34)20-8-9-27-23-18(6-5-7-19(20)23)17(14-35-4)13-28-22-10-21(31-15-32-22)16-11-29-25(30-12-16)33(2)3/h5-12,15,17H,13-14H2,1-4H3,(H,26,34)(H,28,31,32). The Kier molecular flexibility index (Phi) is 7.71. The molecule has 0 aliphatic carbocycles. The van der Waals surface area contributed by atoms with E-state index in [1.54, 1.807) is 43.5 Å². The van der Waals surface area contributed by atoms with Gasteiger partial charge in [-0.2, -0.15) is 11.8 Å². The number of rotatable bonds is 9. The Bertz CT molecular complexity index is 1310. The fourth-order valence-corrected chi connectivity index (χ4v) is 4.54. The average molecular weight is 489 g/mol. The van der Waals surface area contributed by atoms with Gasteiger partial charge in [-0.25, -0.2) is 19.9 Å². The summed E-state index contributed by atoms with van der Waals surface area (Å²) in [4.78, 5) is 36.4. The fourth-order valence-electron chi connectivity index (χ4n) is 3.84. The van der Waals surface area contributed by atoms with Crippen molar-refractivity contribution in [1.29, 1.82) is 0 Å². The summed E-state index contributed by atoms with van der Waals surface area (Å²) in [5.41, 5.74) is 4.13. The van der Waals surface area contributed by atoms with E-state index in [2.05, 4.69) is 47.9 Å². The van der Waals surface area contributed by atoms with Crippen LogP contribution in [0.3, 0.4) is 0 Å². The third kappa shape index (κ3) is 5.48. The van der Waals surface area contributed by atoms with Crippen LogP contribution in [0.2, 0.25) is 0 Å². The highest BCUT2D eigenvalue weighted by Crippen LogP contribution is 2.29. The zero-order valence-corrected chi connectivity index (χ0v) is 21.0. The quantitative estimate of drug-likeness (QED) is 0.366. The zero-order chi connectivity index (χ0) is 24.8. The Labute approximate surface area is 208 Å². The second-order valence-corrected chi connectivity index (χ2v) is 9.08. The Balaban J connectivity index is 1.58. The summed E-state index contributed by atoms with van der Waals surface area (Å²) in [5.74, 6) is 2.28. The normalized spacial score (nSPS) is 11.8. The SMILES string of the molecule is CNC(=O)c1ccnc2c(C(CNc3cc(-c4cnc(N(C)C)nc4)ncn3)CSC)cccc12. The molecule has 3 heterocycles. The van der Waals surface area contributed by atoms with Gasteiger partial charge in [0.1, 0.15) is 12.1 Å². The topological polar surface area (TPSA) is 109 Å². The van der Waals surface area contributed by atoms with Crippen LogP contribution in [0.1, 0.15) is 21.8 Å². The van der Waals surface area contributed by atoms with Gasteiger partial charge in [0.2, 0.25) is 5.95 Å². The van der Waals surface area contributed by atoms with E-state index in [9.17, 15) is 4.79 Å². The number of fused-ring (bicyclic) bond motifs is 1. The van der Waals surface area contributed by atoms with Crippen molar-refractivity contribution in [2.45, 2.75) is 5.92 Å². The van der Waals surface area contributed by atoms with Gasteiger partial charge in [-0.05, 0) is 17.9 Å². The number of hydrogen-bond acceptors (Lipinski definition) is 9. The van der Waals surface area contributed by atoms with Crippen LogP contribution in [-0.2, 0) is 0 Å². The molecule has 0 saturated carbocycles. The maximum absolute atomic E-state index is 12.4. The maximum Gasteiger partial charge on any atom is 0.251 e. The van der Waals surface area contributed by atoms with Gasteiger partial charge in [0.15, 0.2) is 0 Å². The van der Waals surface area contributed by atoms with E-state index in [1.165, 1.54) is 6.33 Å². The Hall–Kier alpha value is -3.79. The molecule has 1 atom stereocenters. The summed E-state index contributed by atoms with van der Waals surface area (Å²) >= 11 is 1.77. The van der Waals surface area contributed by atoms with Crippen molar-refractivity contribution < 1.29 is 4.79 Å². The van der Waals surface area contributed by atoms with Crippen molar-refractivity contribution in [3.8, 4) is 11.3 Å². The van der Waals surface area contributed by atoms with Crippen LogP contribution in [0.4, 0.5) is 11.8 Å². The number of thioether (sulfide) groups is 1. The van der Waals surface area contributed by atoms with Gasteiger partial charge in [-0.3, -0.25) is 9.78 Å². The van der Waals surface area contributed by atoms with Crippen LogP contribution >= 0.6 is 11.8 Å². The number of aromatic nitrogens is 5. The zero-order valence-electron chi connectivity index (χ0n) is 20.2. The van der Waals surface area contributed by atoms with Crippen molar-refractivity contribution >= 4 is 40.3 Å². The number of benzene rings is 1. The largest absolute Gasteiger partial charge is 0.369 e. The summed E-state index contributed by atoms with van der Waals surface area (Å²) < 4.78 is 0. The lowest BCUT2D eigenvalue weighted by Gasteiger charge is -2.19. The van der Waals surface area contributed by atoms with Gasteiger partial charge in [0.25, 0.3) is 5.91 Å². The van der Waals surface area contributed by atoms with E-state index in [0.717, 1.165) is 39.3 Å². The molecule has 35 heavy (non-hydrogen) atoms. The average Bonchev–Trinajstić information content (AvgIpc) is 2.90. The minimum Gasteiger partial charge on any atom is -0.369 e. The molecule has 0 spiro atoms. The number of nitrogens with one attached hydrogen (secondary N) is 2. The molecular formula is C25H28N8OS. The molecular weight excluding hydrogens is 460 g/mol. The monoisotopic (exact) mass is 488 g/mol. The third-order valence-electron chi connectivity index (χ3n) is 5.61. The molecule has 2 N–H and O–H groups in total. The first-order valence-corrected chi connectivity index (χ1v) is 12.6. The number of amides is 1. The summed E-state index contributed by atoms with van der Waals surface area (Å²) in [6, 6.07) is 9.67. The predicted octanol–water partition coefficient (Wildman–Crippen LogP) is 3.47. The van der Waals surface area contributed by atoms with Crippen molar-refractivity contribution in [2.75, 3.05) is 49.9 Å². The lowest BCUT2D eigenvalue weighted by Crippen LogP contribution is -2.19. The molecule has 180 valence electrons. The van der Waals surface area contributed by atoms with Crippen LogP contribution in [-0.4, -0.2) is 70.5 Å². The number of hydrogen-bond donors (Lipinski definition) is 2. The molecule has 1 unspecified atom stereocenters. The molecule has 1 amide bonds. The summed E-state index contributed by atoms with van der Waals surface area (Å²) in [7, 11) is 5.44. The van der Waals surface area contributed by atoms with E-state index in [-0.39, 0.29) is 11.8 Å². The minimum atomic E-state index is -0.120. The Morgan fingerprint density at radius 3 is 2.60 bits per heavy atom. The highest BCUT2D eigenvalue weighted by atomic mass is 32.2. The van der Waals surface area contributed by atoms with Gasteiger partial charge in [-0.1, -0.05) is 18.2 Å². The molecule has 0 aliphatic rings. The van der Waals surface area contributed by atoms with Gasteiger partial charge < -0.3 is 15.5 Å². The van der Waals surface area contributed by atoms with Gasteiger partial charge >= 0.3 is 0 Å². The first-order chi connectivity index (χ1) is 17.0. The highest BCUT2D eigenvalue weighted by molar-refractivity contribution is 7.98. The molecule has 9 nitrogen and oxygen atoms in total. The number of pyridine rings is 1. The van der Waals surface area contributed by atoms with E-state index < -0.39 is 0 Å². The van der Waals surface area contributed by atoms with Crippen LogP contribution in [0.15, 0.2) is 55.2 Å². The van der Waals surface area contributed by atoms with Crippen molar-refractivity contribution in [1.82, 2.24) is 30.2 Å². The van der Waals surface area contributed by atoms with E-state index in [4.69, 9.17) is 0 Å². The summed E-state index contributed by atoms with van der Waals surface area (Å²) in [6.07, 6.45) is 8.84. The smallest absolute Gasteiger partial charge is 0.251 e. The van der Waals surface area contributed by atoms with Crippen molar-refractivity contribution in [3.05, 3.63) is 66.4 Å². The van der Waals surface area contributed by atoms with E-state index in [0.29, 0.717) is 18.1 Å². The number of carbonyl (C=O) groups is 1. The molecule has 0 saturated heterocycles. The predicted molar refractivity (Wildman–Crippen MR) is 142 cm³/mol. The summed E-state index contributed by atoms with van der Waals surface area (Å²) in [6.45, 7) is 0.651. The Morgan fingerprint density at radius 2 is 1.89 bits per heavy atom. The highest BCUT2D eigenvalue weighted by Gasteiger charge is 2.18.